The highest BCUT2D eigenvalue weighted by Crippen LogP contribution is 2.46. The van der Waals surface area contributed by atoms with Gasteiger partial charge in [-0.3, -0.25) is 4.79 Å². The van der Waals surface area contributed by atoms with E-state index in [4.69, 9.17) is 0 Å². The van der Waals surface area contributed by atoms with Gasteiger partial charge in [-0.1, -0.05) is 24.3 Å². The quantitative estimate of drug-likeness (QED) is 0.872. The molecular formula is C17H17FN2O3S. The van der Waals surface area contributed by atoms with Gasteiger partial charge in [0.15, 0.2) is 0 Å². The zero-order chi connectivity index (χ0) is 17.4. The lowest BCUT2D eigenvalue weighted by atomic mass is 10.1. The van der Waals surface area contributed by atoms with Crippen molar-refractivity contribution in [2.24, 2.45) is 0 Å². The fourth-order valence-electron chi connectivity index (χ4n) is 2.65. The lowest BCUT2D eigenvalue weighted by Gasteiger charge is -2.19. The largest absolute Gasteiger partial charge is 0.325 e. The third kappa shape index (κ3) is 3.32. The predicted octanol–water partition coefficient (Wildman–Crippen LogP) is 2.75. The van der Waals surface area contributed by atoms with Crippen LogP contribution in [0.3, 0.4) is 0 Å². The molecule has 7 heteroatoms. The van der Waals surface area contributed by atoms with Crippen molar-refractivity contribution in [3.05, 3.63) is 59.9 Å². The van der Waals surface area contributed by atoms with Crippen LogP contribution >= 0.6 is 0 Å². The Bertz CT molecular complexity index is 875. The summed E-state index contributed by atoms with van der Waals surface area (Å²) in [6.45, 7) is 1.32. The summed E-state index contributed by atoms with van der Waals surface area (Å²) in [4.78, 5) is 11.3. The van der Waals surface area contributed by atoms with Crippen LogP contribution in [0.4, 0.5) is 10.1 Å². The van der Waals surface area contributed by atoms with Crippen LogP contribution in [0.15, 0.2) is 53.4 Å². The van der Waals surface area contributed by atoms with Gasteiger partial charge >= 0.3 is 0 Å². The first-order valence-electron chi connectivity index (χ1n) is 7.49. The van der Waals surface area contributed by atoms with E-state index in [0.717, 1.165) is 5.56 Å². The third-order valence-electron chi connectivity index (χ3n) is 3.96. The van der Waals surface area contributed by atoms with Crippen LogP contribution < -0.4 is 10.0 Å². The van der Waals surface area contributed by atoms with Crippen molar-refractivity contribution in [2.75, 3.05) is 5.32 Å². The van der Waals surface area contributed by atoms with Gasteiger partial charge in [-0.2, -0.15) is 0 Å². The number of benzene rings is 2. The highest BCUT2D eigenvalue weighted by atomic mass is 32.2. The number of amides is 1. The Hall–Kier alpha value is -2.25. The van der Waals surface area contributed by atoms with E-state index in [2.05, 4.69) is 10.0 Å². The predicted molar refractivity (Wildman–Crippen MR) is 88.4 cm³/mol. The van der Waals surface area contributed by atoms with Crippen LogP contribution in [-0.4, -0.2) is 14.3 Å². The molecule has 0 spiro atoms. The van der Waals surface area contributed by atoms with Crippen molar-refractivity contribution in [1.29, 1.82) is 0 Å². The topological polar surface area (TPSA) is 75.3 Å². The molecule has 1 saturated carbocycles. The van der Waals surface area contributed by atoms with Gasteiger partial charge in [-0.15, -0.1) is 0 Å². The first-order chi connectivity index (χ1) is 11.3. The monoisotopic (exact) mass is 348 g/mol. The van der Waals surface area contributed by atoms with Gasteiger partial charge in [0.05, 0.1) is 11.2 Å². The Morgan fingerprint density at radius 3 is 2.29 bits per heavy atom. The Morgan fingerprint density at radius 1 is 1.08 bits per heavy atom. The molecule has 3 rings (SSSR count). The fourth-order valence-corrected chi connectivity index (χ4v) is 4.26. The highest BCUT2D eigenvalue weighted by Gasteiger charge is 2.47. The number of anilines is 1. The summed E-state index contributed by atoms with van der Waals surface area (Å²) in [5, 5.41) is 2.53. The van der Waals surface area contributed by atoms with Gasteiger partial charge in [-0.25, -0.2) is 17.5 Å². The molecule has 0 unspecified atom stereocenters. The van der Waals surface area contributed by atoms with Gasteiger partial charge in [-0.05, 0) is 42.7 Å². The first-order valence-corrected chi connectivity index (χ1v) is 8.97. The molecule has 0 saturated heterocycles. The van der Waals surface area contributed by atoms with Crippen LogP contribution in [0.2, 0.25) is 0 Å². The van der Waals surface area contributed by atoms with E-state index >= 15 is 0 Å². The molecule has 1 fully saturated rings. The number of hydrogen-bond donors (Lipinski definition) is 2. The van der Waals surface area contributed by atoms with Gasteiger partial charge in [0.2, 0.25) is 15.9 Å². The molecule has 2 aromatic rings. The molecule has 1 amide bonds. The Balaban J connectivity index is 1.92. The summed E-state index contributed by atoms with van der Waals surface area (Å²) < 4.78 is 41.4. The summed E-state index contributed by atoms with van der Waals surface area (Å²) in [6, 6.07) is 12.0. The molecule has 2 N–H and O–H groups in total. The second-order valence-electron chi connectivity index (χ2n) is 5.87. The molecule has 0 bridgehead atoms. The van der Waals surface area contributed by atoms with E-state index < -0.39 is 15.6 Å². The van der Waals surface area contributed by atoms with E-state index in [9.17, 15) is 17.6 Å². The number of carbonyl (C=O) groups is 1. The van der Waals surface area contributed by atoms with E-state index in [-0.39, 0.29) is 22.3 Å². The Kier molecular flexibility index (Phi) is 4.15. The Labute approximate surface area is 139 Å². The normalized spacial score (nSPS) is 15.8. The zero-order valence-electron chi connectivity index (χ0n) is 13.0. The maximum absolute atomic E-state index is 13.1. The van der Waals surface area contributed by atoms with Crippen molar-refractivity contribution in [2.45, 2.75) is 30.2 Å². The summed E-state index contributed by atoms with van der Waals surface area (Å²) in [5.41, 5.74) is 0.243. The van der Waals surface area contributed by atoms with Crippen molar-refractivity contribution in [1.82, 2.24) is 4.72 Å². The second kappa shape index (κ2) is 5.99. The van der Waals surface area contributed by atoms with Crippen LogP contribution in [0.5, 0.6) is 0 Å². The molecule has 24 heavy (non-hydrogen) atoms. The third-order valence-corrected chi connectivity index (χ3v) is 5.56. The van der Waals surface area contributed by atoms with E-state index in [1.54, 1.807) is 24.3 Å². The number of carbonyl (C=O) groups excluding carboxylic acids is 1. The molecule has 5 nitrogen and oxygen atoms in total. The minimum Gasteiger partial charge on any atom is -0.325 e. The summed E-state index contributed by atoms with van der Waals surface area (Å²) in [7, 11) is -3.85. The average Bonchev–Trinajstić information content (AvgIpc) is 3.27. The van der Waals surface area contributed by atoms with Crippen molar-refractivity contribution >= 4 is 21.6 Å². The molecule has 0 aliphatic heterocycles. The standard InChI is InChI=1S/C17H17FN2O3S/c1-12(21)19-15-4-2-3-5-16(15)24(22,23)20-17(10-11-17)13-6-8-14(18)9-7-13/h2-9,20H,10-11H2,1H3,(H,19,21). The van der Waals surface area contributed by atoms with E-state index in [1.807, 2.05) is 0 Å². The van der Waals surface area contributed by atoms with Gasteiger partial charge in [0.25, 0.3) is 0 Å². The molecule has 126 valence electrons. The van der Waals surface area contributed by atoms with Crippen molar-refractivity contribution in [3.8, 4) is 0 Å². The number of para-hydroxylation sites is 1. The minimum absolute atomic E-state index is 0.00795. The highest BCUT2D eigenvalue weighted by molar-refractivity contribution is 7.89. The zero-order valence-corrected chi connectivity index (χ0v) is 13.9. The van der Waals surface area contributed by atoms with Crippen LogP contribution in [0.25, 0.3) is 0 Å². The molecule has 0 atom stereocenters. The lowest BCUT2D eigenvalue weighted by molar-refractivity contribution is -0.114. The molecular weight excluding hydrogens is 331 g/mol. The van der Waals surface area contributed by atoms with Crippen molar-refractivity contribution < 1.29 is 17.6 Å². The van der Waals surface area contributed by atoms with Crippen LogP contribution in [-0.2, 0) is 20.4 Å². The second-order valence-corrected chi connectivity index (χ2v) is 7.52. The first kappa shape index (κ1) is 16.6. The number of nitrogens with one attached hydrogen (secondary N) is 2. The molecule has 0 aromatic heterocycles. The van der Waals surface area contributed by atoms with Gasteiger partial charge in [0.1, 0.15) is 10.7 Å². The molecule has 1 aliphatic carbocycles. The van der Waals surface area contributed by atoms with E-state index in [1.165, 1.54) is 31.2 Å². The SMILES string of the molecule is CC(=O)Nc1ccccc1S(=O)(=O)NC1(c2ccc(F)cc2)CC1. The maximum atomic E-state index is 13.1. The smallest absolute Gasteiger partial charge is 0.243 e. The lowest BCUT2D eigenvalue weighted by Crippen LogP contribution is -2.35. The van der Waals surface area contributed by atoms with Gasteiger partial charge in [0, 0.05) is 6.92 Å². The molecule has 0 heterocycles. The number of halogens is 1. The number of sulfonamides is 1. The molecule has 0 radical (unpaired) electrons. The van der Waals surface area contributed by atoms with Crippen molar-refractivity contribution in [3.63, 3.8) is 0 Å². The molecule has 2 aromatic carbocycles. The summed E-state index contributed by atoms with van der Waals surface area (Å²) >= 11 is 0. The minimum atomic E-state index is -3.85. The maximum Gasteiger partial charge on any atom is 0.243 e. The summed E-state index contributed by atoms with van der Waals surface area (Å²) in [5.74, 6) is -0.717. The van der Waals surface area contributed by atoms with E-state index in [0.29, 0.717) is 12.8 Å². The number of rotatable bonds is 5. The van der Waals surface area contributed by atoms with Crippen LogP contribution in [0, 0.1) is 5.82 Å². The molecule has 1 aliphatic rings. The summed E-state index contributed by atoms with van der Waals surface area (Å²) in [6.07, 6.45) is 1.28. The number of hydrogen-bond acceptors (Lipinski definition) is 3. The van der Waals surface area contributed by atoms with Gasteiger partial charge < -0.3 is 5.32 Å². The fraction of sp³-hybridized carbons (Fsp3) is 0.235. The average molecular weight is 348 g/mol. The Morgan fingerprint density at radius 2 is 1.71 bits per heavy atom. The van der Waals surface area contributed by atoms with Crippen LogP contribution in [0.1, 0.15) is 25.3 Å².